The normalized spacial score (nSPS) is 17.2. The van der Waals surface area contributed by atoms with Crippen LogP contribution in [0.4, 0.5) is 11.6 Å². The van der Waals surface area contributed by atoms with Crippen LogP contribution in [0.1, 0.15) is 20.3 Å². The number of sulfone groups is 1. The van der Waals surface area contributed by atoms with Crippen LogP contribution in [0.5, 0.6) is 0 Å². The lowest BCUT2D eigenvalue weighted by Crippen LogP contribution is -2.29. The second-order valence-electron chi connectivity index (χ2n) is 5.98. The standard InChI is InChI=1S/C13H25N5O2S/c1-10(2)9-18-12(14)11(21(3,19)20)13(16-18)17-7-4-5-15-6-8-17/h10,15H,4-9,14H2,1-3H3. The maximum atomic E-state index is 12.1. The summed E-state index contributed by atoms with van der Waals surface area (Å²) in [5.41, 5.74) is 6.06. The van der Waals surface area contributed by atoms with Gasteiger partial charge < -0.3 is 16.0 Å². The summed E-state index contributed by atoms with van der Waals surface area (Å²) in [7, 11) is -3.41. The number of rotatable bonds is 4. The van der Waals surface area contributed by atoms with Crippen molar-refractivity contribution in [2.24, 2.45) is 5.92 Å². The summed E-state index contributed by atoms with van der Waals surface area (Å²) >= 11 is 0. The molecule has 0 aromatic carbocycles. The molecule has 21 heavy (non-hydrogen) atoms. The third-order valence-corrected chi connectivity index (χ3v) is 4.61. The van der Waals surface area contributed by atoms with Crippen LogP contribution >= 0.6 is 0 Å². The number of nitrogens with two attached hydrogens (primary N) is 1. The van der Waals surface area contributed by atoms with Crippen molar-refractivity contribution in [3.63, 3.8) is 0 Å². The molecule has 3 N–H and O–H groups in total. The van der Waals surface area contributed by atoms with Gasteiger partial charge in [0.05, 0.1) is 0 Å². The Balaban J connectivity index is 2.47. The van der Waals surface area contributed by atoms with Gasteiger partial charge in [0.15, 0.2) is 20.6 Å². The number of aromatic nitrogens is 2. The molecule has 0 spiro atoms. The maximum absolute atomic E-state index is 12.1. The van der Waals surface area contributed by atoms with Crippen molar-refractivity contribution in [3.05, 3.63) is 0 Å². The molecule has 0 unspecified atom stereocenters. The number of nitrogens with one attached hydrogen (secondary N) is 1. The van der Waals surface area contributed by atoms with E-state index in [2.05, 4.69) is 24.3 Å². The third-order valence-electron chi connectivity index (χ3n) is 3.48. The molecule has 0 saturated carbocycles. The molecular formula is C13H25N5O2S. The second kappa shape index (κ2) is 6.23. The summed E-state index contributed by atoms with van der Waals surface area (Å²) in [5.74, 6) is 1.09. The molecule has 2 heterocycles. The van der Waals surface area contributed by atoms with Crippen molar-refractivity contribution in [1.29, 1.82) is 0 Å². The predicted molar refractivity (Wildman–Crippen MR) is 84.3 cm³/mol. The molecule has 2 rings (SSSR count). The summed E-state index contributed by atoms with van der Waals surface area (Å²) in [4.78, 5) is 2.19. The van der Waals surface area contributed by atoms with E-state index >= 15 is 0 Å². The zero-order valence-electron chi connectivity index (χ0n) is 13.0. The van der Waals surface area contributed by atoms with Crippen LogP contribution in [0.25, 0.3) is 0 Å². The quantitative estimate of drug-likeness (QED) is 0.831. The van der Waals surface area contributed by atoms with E-state index < -0.39 is 9.84 Å². The summed E-state index contributed by atoms with van der Waals surface area (Å²) in [5, 5.41) is 7.79. The van der Waals surface area contributed by atoms with Crippen LogP contribution in [0.2, 0.25) is 0 Å². The number of nitrogen functional groups attached to an aromatic ring is 1. The first-order chi connectivity index (χ1) is 9.80. The molecule has 1 aromatic rings. The van der Waals surface area contributed by atoms with E-state index in [1.807, 2.05) is 4.90 Å². The minimum atomic E-state index is -3.41. The first-order valence-corrected chi connectivity index (χ1v) is 9.22. The fourth-order valence-electron chi connectivity index (χ4n) is 2.55. The van der Waals surface area contributed by atoms with Crippen LogP contribution in [-0.2, 0) is 16.4 Å². The molecule has 0 aliphatic carbocycles. The van der Waals surface area contributed by atoms with Gasteiger partial charge in [0.2, 0.25) is 0 Å². The number of hydrogen-bond donors (Lipinski definition) is 2. The predicted octanol–water partition coefficient (Wildman–Crippen LogP) is 0.325. The third kappa shape index (κ3) is 3.68. The molecule has 120 valence electrons. The fourth-order valence-corrected chi connectivity index (χ4v) is 3.54. The van der Waals surface area contributed by atoms with Crippen LogP contribution in [0, 0.1) is 5.92 Å². The first-order valence-electron chi connectivity index (χ1n) is 7.32. The fraction of sp³-hybridized carbons (Fsp3) is 0.769. The summed E-state index contributed by atoms with van der Waals surface area (Å²) < 4.78 is 25.9. The zero-order valence-corrected chi connectivity index (χ0v) is 13.8. The molecule has 1 saturated heterocycles. The van der Waals surface area contributed by atoms with Gasteiger partial charge in [0.25, 0.3) is 0 Å². The van der Waals surface area contributed by atoms with Crippen LogP contribution in [0.15, 0.2) is 4.90 Å². The van der Waals surface area contributed by atoms with Gasteiger partial charge in [0.1, 0.15) is 5.82 Å². The molecule has 7 nitrogen and oxygen atoms in total. The smallest absolute Gasteiger partial charge is 0.182 e. The Morgan fingerprint density at radius 3 is 2.67 bits per heavy atom. The van der Waals surface area contributed by atoms with Gasteiger partial charge in [-0.05, 0) is 18.9 Å². The highest BCUT2D eigenvalue weighted by atomic mass is 32.2. The Labute approximate surface area is 126 Å². The van der Waals surface area contributed by atoms with Crippen molar-refractivity contribution in [1.82, 2.24) is 15.1 Å². The van der Waals surface area contributed by atoms with Crippen LogP contribution < -0.4 is 16.0 Å². The van der Waals surface area contributed by atoms with Gasteiger partial charge in [-0.3, -0.25) is 0 Å². The average molecular weight is 315 g/mol. The van der Waals surface area contributed by atoms with E-state index in [-0.39, 0.29) is 10.7 Å². The van der Waals surface area contributed by atoms with Crippen molar-refractivity contribution in [2.45, 2.75) is 31.7 Å². The van der Waals surface area contributed by atoms with Gasteiger partial charge in [-0.2, -0.15) is 5.10 Å². The molecule has 1 fully saturated rings. The number of nitrogens with zero attached hydrogens (tertiary/aromatic N) is 3. The SMILES string of the molecule is CC(C)Cn1nc(N2CCCNCC2)c(S(C)(=O)=O)c1N. The highest BCUT2D eigenvalue weighted by molar-refractivity contribution is 7.91. The topological polar surface area (TPSA) is 93.2 Å². The summed E-state index contributed by atoms with van der Waals surface area (Å²) in [6, 6.07) is 0. The van der Waals surface area contributed by atoms with E-state index in [1.54, 1.807) is 4.68 Å². The Kier molecular flexibility index (Phi) is 4.77. The molecule has 0 bridgehead atoms. The number of anilines is 2. The van der Waals surface area contributed by atoms with E-state index in [4.69, 9.17) is 5.73 Å². The Morgan fingerprint density at radius 2 is 2.05 bits per heavy atom. The Hall–Kier alpha value is -1.28. The lowest BCUT2D eigenvalue weighted by atomic mass is 10.2. The van der Waals surface area contributed by atoms with Gasteiger partial charge >= 0.3 is 0 Å². The van der Waals surface area contributed by atoms with E-state index in [1.165, 1.54) is 6.26 Å². The minimum Gasteiger partial charge on any atom is -0.383 e. The lowest BCUT2D eigenvalue weighted by molar-refractivity contribution is 0.487. The molecule has 0 atom stereocenters. The van der Waals surface area contributed by atoms with Gasteiger partial charge in [-0.1, -0.05) is 13.8 Å². The highest BCUT2D eigenvalue weighted by Gasteiger charge is 2.28. The van der Waals surface area contributed by atoms with Crippen molar-refractivity contribution >= 4 is 21.5 Å². The highest BCUT2D eigenvalue weighted by Crippen LogP contribution is 2.30. The maximum Gasteiger partial charge on any atom is 0.182 e. The molecule has 0 amide bonds. The average Bonchev–Trinajstić information content (AvgIpc) is 2.57. The van der Waals surface area contributed by atoms with Gasteiger partial charge in [-0.15, -0.1) is 0 Å². The first kappa shape index (κ1) is 16.1. The van der Waals surface area contributed by atoms with Crippen molar-refractivity contribution in [3.8, 4) is 0 Å². The van der Waals surface area contributed by atoms with E-state index in [0.717, 1.165) is 32.6 Å². The second-order valence-corrected chi connectivity index (χ2v) is 7.93. The molecule has 1 aliphatic rings. The van der Waals surface area contributed by atoms with Crippen molar-refractivity contribution < 1.29 is 8.42 Å². The molecule has 8 heteroatoms. The minimum absolute atomic E-state index is 0.171. The number of hydrogen-bond acceptors (Lipinski definition) is 6. The Bertz CT molecular complexity index is 586. The summed E-state index contributed by atoms with van der Waals surface area (Å²) in [6.07, 6.45) is 2.15. The zero-order chi connectivity index (χ0) is 15.6. The Morgan fingerprint density at radius 1 is 1.33 bits per heavy atom. The van der Waals surface area contributed by atoms with Gasteiger partial charge in [-0.25, -0.2) is 13.1 Å². The molecule has 0 radical (unpaired) electrons. The van der Waals surface area contributed by atoms with E-state index in [0.29, 0.717) is 18.3 Å². The summed E-state index contributed by atoms with van der Waals surface area (Å²) in [6.45, 7) is 8.00. The monoisotopic (exact) mass is 315 g/mol. The van der Waals surface area contributed by atoms with Crippen LogP contribution in [-0.4, -0.2) is 50.6 Å². The molecule has 1 aliphatic heterocycles. The van der Waals surface area contributed by atoms with Gasteiger partial charge in [0, 0.05) is 32.4 Å². The molecular weight excluding hydrogens is 290 g/mol. The largest absolute Gasteiger partial charge is 0.383 e. The van der Waals surface area contributed by atoms with Crippen molar-refractivity contribution in [2.75, 3.05) is 43.1 Å². The van der Waals surface area contributed by atoms with E-state index in [9.17, 15) is 8.42 Å². The molecule has 1 aromatic heterocycles. The van der Waals surface area contributed by atoms with Crippen LogP contribution in [0.3, 0.4) is 0 Å². The lowest BCUT2D eigenvalue weighted by Gasteiger charge is -2.20.